The van der Waals surface area contributed by atoms with Gasteiger partial charge in [-0.1, -0.05) is 23.2 Å². The summed E-state index contributed by atoms with van der Waals surface area (Å²) >= 11 is 12.1. The lowest BCUT2D eigenvalue weighted by Crippen LogP contribution is -2.47. The second-order valence-electron chi connectivity index (χ2n) is 5.29. The number of hydrogen-bond acceptors (Lipinski definition) is 3. The van der Waals surface area contributed by atoms with Gasteiger partial charge in [-0.25, -0.2) is 0 Å². The normalized spacial score (nSPS) is 16.6. The molecule has 1 amide bonds. The first-order valence-corrected chi connectivity index (χ1v) is 7.64. The average molecular weight is 327 g/mol. The van der Waals surface area contributed by atoms with Gasteiger partial charge < -0.3 is 9.32 Å². The monoisotopic (exact) mass is 326 g/mol. The summed E-state index contributed by atoms with van der Waals surface area (Å²) in [6, 6.07) is 5.46. The summed E-state index contributed by atoms with van der Waals surface area (Å²) in [4.78, 5) is 15.4. The Balaban J connectivity index is 1.71. The molecule has 1 fully saturated rings. The predicted octanol–water partition coefficient (Wildman–Crippen LogP) is 3.40. The van der Waals surface area contributed by atoms with Crippen molar-refractivity contribution in [1.29, 1.82) is 0 Å². The van der Waals surface area contributed by atoms with Crippen molar-refractivity contribution in [3.63, 3.8) is 0 Å². The maximum Gasteiger partial charge on any atom is 0.219 e. The number of rotatable bonds is 2. The van der Waals surface area contributed by atoms with Crippen LogP contribution in [0.15, 0.2) is 22.6 Å². The number of amides is 1. The predicted molar refractivity (Wildman–Crippen MR) is 83.8 cm³/mol. The molecule has 1 aromatic heterocycles. The third-order valence-electron chi connectivity index (χ3n) is 3.80. The summed E-state index contributed by atoms with van der Waals surface area (Å²) in [6.45, 7) is 5.57. The van der Waals surface area contributed by atoms with Crippen molar-refractivity contribution in [1.82, 2.24) is 9.80 Å². The van der Waals surface area contributed by atoms with E-state index in [0.29, 0.717) is 22.2 Å². The van der Waals surface area contributed by atoms with E-state index in [2.05, 4.69) is 4.90 Å². The largest absolute Gasteiger partial charge is 0.460 e. The number of halogens is 2. The number of carbonyl (C=O) groups excluding carboxylic acids is 1. The molecule has 0 atom stereocenters. The minimum atomic E-state index is 0.139. The van der Waals surface area contributed by atoms with E-state index in [9.17, 15) is 4.79 Å². The lowest BCUT2D eigenvalue weighted by Gasteiger charge is -2.33. The van der Waals surface area contributed by atoms with Gasteiger partial charge in [-0.3, -0.25) is 9.69 Å². The van der Waals surface area contributed by atoms with Crippen LogP contribution in [0.4, 0.5) is 0 Å². The zero-order valence-corrected chi connectivity index (χ0v) is 13.2. The van der Waals surface area contributed by atoms with Gasteiger partial charge >= 0.3 is 0 Å². The number of carbonyl (C=O) groups is 1. The van der Waals surface area contributed by atoms with Gasteiger partial charge in [0.15, 0.2) is 0 Å². The van der Waals surface area contributed by atoms with Gasteiger partial charge in [0.2, 0.25) is 5.91 Å². The van der Waals surface area contributed by atoms with Gasteiger partial charge in [-0.2, -0.15) is 0 Å². The maximum atomic E-state index is 11.3. The fourth-order valence-electron chi connectivity index (χ4n) is 2.64. The number of fused-ring (bicyclic) bond motifs is 1. The molecule has 3 rings (SSSR count). The Morgan fingerprint density at radius 1 is 1.19 bits per heavy atom. The molecule has 0 unspecified atom stereocenters. The maximum absolute atomic E-state index is 11.3. The molecule has 21 heavy (non-hydrogen) atoms. The van der Waals surface area contributed by atoms with E-state index in [-0.39, 0.29) is 5.91 Å². The van der Waals surface area contributed by atoms with E-state index < -0.39 is 0 Å². The van der Waals surface area contributed by atoms with Crippen LogP contribution in [0.2, 0.25) is 10.0 Å². The fourth-order valence-corrected chi connectivity index (χ4v) is 3.17. The lowest BCUT2D eigenvalue weighted by atomic mass is 10.2. The van der Waals surface area contributed by atoms with Crippen LogP contribution in [0, 0.1) is 0 Å². The van der Waals surface area contributed by atoms with E-state index in [4.69, 9.17) is 27.6 Å². The molecule has 2 heterocycles. The average Bonchev–Trinajstić information content (AvgIpc) is 2.82. The van der Waals surface area contributed by atoms with Crippen LogP contribution in [0.1, 0.15) is 12.7 Å². The summed E-state index contributed by atoms with van der Waals surface area (Å²) in [7, 11) is 0. The molecule has 0 N–H and O–H groups in total. The highest BCUT2D eigenvalue weighted by Crippen LogP contribution is 2.31. The third-order valence-corrected chi connectivity index (χ3v) is 4.33. The fraction of sp³-hybridized carbons (Fsp3) is 0.400. The molecule has 0 bridgehead atoms. The molecule has 4 nitrogen and oxygen atoms in total. The number of nitrogens with zero attached hydrogens (tertiary/aromatic N) is 2. The summed E-state index contributed by atoms with van der Waals surface area (Å²) in [6.07, 6.45) is 0. The smallest absolute Gasteiger partial charge is 0.219 e. The summed E-state index contributed by atoms with van der Waals surface area (Å²) in [5, 5.41) is 2.07. The molecule has 112 valence electrons. The molecule has 0 spiro atoms. The molecular weight excluding hydrogens is 311 g/mol. The van der Waals surface area contributed by atoms with Crippen LogP contribution in [-0.4, -0.2) is 41.9 Å². The van der Waals surface area contributed by atoms with Crippen molar-refractivity contribution in [2.75, 3.05) is 26.2 Å². The molecule has 1 saturated heterocycles. The van der Waals surface area contributed by atoms with Gasteiger partial charge in [-0.05, 0) is 12.1 Å². The lowest BCUT2D eigenvalue weighted by molar-refractivity contribution is -0.130. The van der Waals surface area contributed by atoms with Crippen LogP contribution < -0.4 is 0 Å². The molecule has 2 aromatic rings. The van der Waals surface area contributed by atoms with E-state index in [1.165, 1.54) is 0 Å². The Hall–Kier alpha value is -1.23. The Bertz CT molecular complexity index is 676. The van der Waals surface area contributed by atoms with Crippen molar-refractivity contribution in [3.8, 4) is 0 Å². The highest BCUT2D eigenvalue weighted by atomic mass is 35.5. The van der Waals surface area contributed by atoms with Crippen LogP contribution >= 0.6 is 23.2 Å². The topological polar surface area (TPSA) is 36.7 Å². The Kier molecular flexibility index (Phi) is 4.11. The van der Waals surface area contributed by atoms with Crippen LogP contribution in [0.3, 0.4) is 0 Å². The third kappa shape index (κ3) is 3.18. The minimum Gasteiger partial charge on any atom is -0.460 e. The Morgan fingerprint density at radius 2 is 1.90 bits per heavy atom. The molecule has 1 aromatic carbocycles. The van der Waals surface area contributed by atoms with E-state index in [1.807, 2.05) is 11.0 Å². The van der Waals surface area contributed by atoms with Crippen LogP contribution in [0.5, 0.6) is 0 Å². The number of benzene rings is 1. The quantitative estimate of drug-likeness (QED) is 0.848. The van der Waals surface area contributed by atoms with Gasteiger partial charge in [0.05, 0.1) is 11.6 Å². The summed E-state index contributed by atoms with van der Waals surface area (Å²) in [5.74, 6) is 1.00. The first-order chi connectivity index (χ1) is 10.0. The van der Waals surface area contributed by atoms with Gasteiger partial charge in [0, 0.05) is 49.6 Å². The molecule has 0 saturated carbocycles. The molecule has 0 radical (unpaired) electrons. The SMILES string of the molecule is CC(=O)N1CCN(Cc2cc3c(Cl)cc(Cl)cc3o2)CC1. The first-order valence-electron chi connectivity index (χ1n) is 6.88. The second-order valence-corrected chi connectivity index (χ2v) is 6.14. The van der Waals surface area contributed by atoms with Gasteiger partial charge in [-0.15, -0.1) is 0 Å². The van der Waals surface area contributed by atoms with E-state index in [0.717, 1.165) is 37.3 Å². The molecule has 1 aliphatic rings. The number of hydrogen-bond donors (Lipinski definition) is 0. The Morgan fingerprint density at radius 3 is 2.57 bits per heavy atom. The Labute approximate surface area is 133 Å². The van der Waals surface area contributed by atoms with Crippen molar-refractivity contribution in [3.05, 3.63) is 34.0 Å². The summed E-state index contributed by atoms with van der Waals surface area (Å²) in [5.41, 5.74) is 0.713. The van der Waals surface area contributed by atoms with E-state index >= 15 is 0 Å². The van der Waals surface area contributed by atoms with E-state index in [1.54, 1.807) is 19.1 Å². The molecule has 0 aliphatic carbocycles. The number of piperazine rings is 1. The zero-order valence-electron chi connectivity index (χ0n) is 11.7. The van der Waals surface area contributed by atoms with Crippen molar-refractivity contribution < 1.29 is 9.21 Å². The summed E-state index contributed by atoms with van der Waals surface area (Å²) < 4.78 is 5.82. The molecular formula is C15H16Cl2N2O2. The van der Waals surface area contributed by atoms with Gasteiger partial charge in [0.25, 0.3) is 0 Å². The highest BCUT2D eigenvalue weighted by Gasteiger charge is 2.20. The molecule has 6 heteroatoms. The standard InChI is InChI=1S/C15H16Cl2N2O2/c1-10(20)19-4-2-18(3-5-19)9-12-8-13-14(17)6-11(16)7-15(13)21-12/h6-8H,2-5,9H2,1H3. The van der Waals surface area contributed by atoms with Crippen molar-refractivity contribution in [2.45, 2.75) is 13.5 Å². The highest BCUT2D eigenvalue weighted by molar-refractivity contribution is 6.38. The van der Waals surface area contributed by atoms with Crippen molar-refractivity contribution in [2.24, 2.45) is 0 Å². The zero-order chi connectivity index (χ0) is 15.0. The van der Waals surface area contributed by atoms with Crippen molar-refractivity contribution >= 4 is 40.1 Å². The van der Waals surface area contributed by atoms with Crippen LogP contribution in [0.25, 0.3) is 11.0 Å². The van der Waals surface area contributed by atoms with Gasteiger partial charge in [0.1, 0.15) is 11.3 Å². The number of furan rings is 1. The minimum absolute atomic E-state index is 0.139. The first kappa shape index (κ1) is 14.7. The van der Waals surface area contributed by atoms with Crippen LogP contribution in [-0.2, 0) is 11.3 Å². The molecule has 1 aliphatic heterocycles. The second kappa shape index (κ2) is 5.87.